The van der Waals surface area contributed by atoms with E-state index in [1.807, 2.05) is 0 Å². The van der Waals surface area contributed by atoms with E-state index in [-0.39, 0.29) is 67.0 Å². The van der Waals surface area contributed by atoms with Crippen LogP contribution >= 0.6 is 11.6 Å². The molecular formula is C29H28ClF2N5O6. The molecule has 0 bridgehead atoms. The standard InChI is InChI=1S/C29H28ClF2N5O6/c1-16(38)22-12-36(24-6-5-20(8-21(22)24)43-29(41)34-10-19-14-42-15-35-19)13-26(39)37-11-18(31)7-25(37)28(40)33-9-17-3-2-4-23(30)27(17)32/h2-6,8,12,18,25H,7,9-11,13-15H2,1H3,(H,33,40)(H,34,41)/t18-,25+/m1/s1. The summed E-state index contributed by atoms with van der Waals surface area (Å²) in [5.74, 6) is -1.94. The van der Waals surface area contributed by atoms with Gasteiger partial charge in [-0.05, 0) is 31.2 Å². The number of likely N-dealkylation sites (tertiary alicyclic amines) is 1. The summed E-state index contributed by atoms with van der Waals surface area (Å²) in [5, 5.41) is 5.50. The van der Waals surface area contributed by atoms with Crippen LogP contribution < -0.4 is 15.4 Å². The van der Waals surface area contributed by atoms with Gasteiger partial charge >= 0.3 is 6.09 Å². The second-order valence-electron chi connectivity index (χ2n) is 10.2. The highest BCUT2D eigenvalue weighted by Crippen LogP contribution is 2.28. The summed E-state index contributed by atoms with van der Waals surface area (Å²) in [6.07, 6.45) is -0.849. The van der Waals surface area contributed by atoms with Crippen molar-refractivity contribution in [1.29, 1.82) is 0 Å². The lowest BCUT2D eigenvalue weighted by molar-refractivity contribution is -0.139. The molecule has 2 aromatic carbocycles. The number of rotatable bonds is 9. The van der Waals surface area contributed by atoms with E-state index in [4.69, 9.17) is 21.1 Å². The Morgan fingerprint density at radius 2 is 1.98 bits per heavy atom. The minimum absolute atomic E-state index is 0.0932. The Labute approximate surface area is 249 Å². The monoisotopic (exact) mass is 615 g/mol. The van der Waals surface area contributed by atoms with Gasteiger partial charge in [0.2, 0.25) is 11.8 Å². The van der Waals surface area contributed by atoms with Crippen molar-refractivity contribution in [1.82, 2.24) is 20.1 Å². The zero-order chi connectivity index (χ0) is 30.7. The number of carbonyl (C=O) groups is 4. The number of carbonyl (C=O) groups excluding carboxylic acids is 4. The van der Waals surface area contributed by atoms with Crippen molar-refractivity contribution < 1.29 is 37.4 Å². The molecule has 0 aliphatic carbocycles. The number of hydrogen-bond acceptors (Lipinski definition) is 7. The van der Waals surface area contributed by atoms with Crippen LogP contribution in [0.1, 0.15) is 29.3 Å². The maximum atomic E-state index is 14.5. The van der Waals surface area contributed by atoms with Gasteiger partial charge in [0, 0.05) is 41.2 Å². The highest BCUT2D eigenvalue weighted by Gasteiger charge is 2.39. The van der Waals surface area contributed by atoms with E-state index in [1.54, 1.807) is 12.1 Å². The first-order valence-electron chi connectivity index (χ1n) is 13.4. The maximum Gasteiger partial charge on any atom is 0.412 e. The zero-order valence-corrected chi connectivity index (χ0v) is 23.8. The average Bonchev–Trinajstić information content (AvgIpc) is 3.72. The molecule has 2 aliphatic rings. The number of halogens is 3. The van der Waals surface area contributed by atoms with Gasteiger partial charge in [0.1, 0.15) is 37.1 Å². The minimum atomic E-state index is -1.42. The highest BCUT2D eigenvalue weighted by molar-refractivity contribution is 6.30. The van der Waals surface area contributed by atoms with Gasteiger partial charge in [-0.2, -0.15) is 0 Å². The van der Waals surface area contributed by atoms with Crippen LogP contribution in [-0.2, 0) is 27.4 Å². The average molecular weight is 616 g/mol. The Balaban J connectivity index is 1.28. The lowest BCUT2D eigenvalue weighted by Crippen LogP contribution is -2.46. The topological polar surface area (TPSA) is 131 Å². The molecule has 3 heterocycles. The van der Waals surface area contributed by atoms with Crippen molar-refractivity contribution in [2.45, 2.75) is 38.6 Å². The summed E-state index contributed by atoms with van der Waals surface area (Å²) < 4.78 is 40.7. The first-order chi connectivity index (χ1) is 20.6. The number of ether oxygens (including phenoxy) is 2. The van der Waals surface area contributed by atoms with Gasteiger partial charge < -0.3 is 29.6 Å². The molecule has 11 nitrogen and oxygen atoms in total. The van der Waals surface area contributed by atoms with Gasteiger partial charge in [-0.15, -0.1) is 0 Å². The molecule has 226 valence electrons. The Bertz CT molecular complexity index is 1630. The van der Waals surface area contributed by atoms with E-state index < -0.39 is 35.9 Å². The molecule has 1 saturated heterocycles. The first kappa shape index (κ1) is 30.1. The lowest BCUT2D eigenvalue weighted by Gasteiger charge is -2.24. The van der Waals surface area contributed by atoms with E-state index in [1.165, 1.54) is 42.0 Å². The number of fused-ring (bicyclic) bond motifs is 1. The van der Waals surface area contributed by atoms with Crippen molar-refractivity contribution in [3.8, 4) is 5.75 Å². The number of aromatic nitrogens is 1. The maximum absolute atomic E-state index is 14.5. The van der Waals surface area contributed by atoms with E-state index in [9.17, 15) is 28.0 Å². The van der Waals surface area contributed by atoms with Gasteiger partial charge in [-0.25, -0.2) is 13.6 Å². The van der Waals surface area contributed by atoms with E-state index in [2.05, 4.69) is 15.6 Å². The van der Waals surface area contributed by atoms with Crippen LogP contribution in [0.5, 0.6) is 5.75 Å². The summed E-state index contributed by atoms with van der Waals surface area (Å²) in [6, 6.07) is 7.91. The number of amides is 3. The van der Waals surface area contributed by atoms with E-state index in [0.717, 1.165) is 4.90 Å². The van der Waals surface area contributed by atoms with Gasteiger partial charge in [0.15, 0.2) is 5.78 Å². The molecule has 14 heteroatoms. The summed E-state index contributed by atoms with van der Waals surface area (Å²) in [6.45, 7) is 1.37. The van der Waals surface area contributed by atoms with Crippen LogP contribution in [0, 0.1) is 5.82 Å². The fraction of sp³-hybridized carbons (Fsp3) is 0.345. The molecule has 0 unspecified atom stereocenters. The second-order valence-corrected chi connectivity index (χ2v) is 10.6. The molecule has 5 rings (SSSR count). The Hall–Kier alpha value is -4.36. The minimum Gasteiger partial charge on any atom is -0.410 e. The largest absolute Gasteiger partial charge is 0.412 e. The molecule has 1 fully saturated rings. The summed E-state index contributed by atoms with van der Waals surface area (Å²) >= 11 is 5.80. The Kier molecular flexibility index (Phi) is 9.02. The molecule has 2 atom stereocenters. The highest BCUT2D eigenvalue weighted by atomic mass is 35.5. The zero-order valence-electron chi connectivity index (χ0n) is 23.1. The number of ketones is 1. The number of hydrogen-bond donors (Lipinski definition) is 2. The van der Waals surface area contributed by atoms with Crippen molar-refractivity contribution in [2.75, 3.05) is 26.4 Å². The van der Waals surface area contributed by atoms with Gasteiger partial charge in [0.05, 0.1) is 30.4 Å². The molecule has 0 spiro atoms. The third-order valence-electron chi connectivity index (χ3n) is 7.19. The smallest absolute Gasteiger partial charge is 0.410 e. The van der Waals surface area contributed by atoms with Crippen molar-refractivity contribution >= 4 is 51.9 Å². The van der Waals surface area contributed by atoms with Crippen LogP contribution in [0.15, 0.2) is 47.6 Å². The number of benzene rings is 2. The van der Waals surface area contributed by atoms with Gasteiger partial charge in [-0.3, -0.25) is 19.4 Å². The second kappa shape index (κ2) is 12.9. The number of aliphatic imine (C=N–C) groups is 1. The quantitative estimate of drug-likeness (QED) is 0.355. The van der Waals surface area contributed by atoms with Crippen LogP contribution in [-0.4, -0.2) is 77.5 Å². The van der Waals surface area contributed by atoms with Crippen LogP contribution in [0.3, 0.4) is 0 Å². The number of Topliss-reactive ketones (excluding diaryl/α,β-unsaturated/α-hetero) is 1. The molecular weight excluding hydrogens is 588 g/mol. The summed E-state index contributed by atoms with van der Waals surface area (Å²) in [7, 11) is 0. The summed E-state index contributed by atoms with van der Waals surface area (Å²) in [4.78, 5) is 56.2. The third kappa shape index (κ3) is 6.83. The van der Waals surface area contributed by atoms with E-state index >= 15 is 0 Å². The predicted octanol–water partition coefficient (Wildman–Crippen LogP) is 3.41. The normalized spacial score (nSPS) is 18.0. The fourth-order valence-corrected chi connectivity index (χ4v) is 5.25. The fourth-order valence-electron chi connectivity index (χ4n) is 5.05. The molecule has 2 aliphatic heterocycles. The molecule has 43 heavy (non-hydrogen) atoms. The SMILES string of the molecule is CC(=O)c1cn(CC(=O)N2C[C@H](F)C[C@H]2C(=O)NCc2cccc(Cl)c2F)c2ccc(OC(=O)NCC3=NCOC3)cc12. The summed E-state index contributed by atoms with van der Waals surface area (Å²) in [5.41, 5.74) is 1.62. The van der Waals surface area contributed by atoms with Crippen molar-refractivity contribution in [3.05, 3.63) is 64.6 Å². The molecule has 3 amide bonds. The van der Waals surface area contributed by atoms with Crippen molar-refractivity contribution in [2.24, 2.45) is 4.99 Å². The number of alkyl halides is 1. The lowest BCUT2D eigenvalue weighted by atomic mass is 10.1. The van der Waals surface area contributed by atoms with Crippen LogP contribution in [0.25, 0.3) is 10.9 Å². The molecule has 0 radical (unpaired) electrons. The Morgan fingerprint density at radius 1 is 1.16 bits per heavy atom. The first-order valence-corrected chi connectivity index (χ1v) is 13.8. The van der Waals surface area contributed by atoms with E-state index in [0.29, 0.717) is 23.2 Å². The van der Waals surface area contributed by atoms with Gasteiger partial charge in [-0.1, -0.05) is 23.7 Å². The Morgan fingerprint density at radius 3 is 2.72 bits per heavy atom. The number of nitrogens with one attached hydrogen (secondary N) is 2. The molecule has 0 saturated carbocycles. The molecule has 1 aromatic heterocycles. The van der Waals surface area contributed by atoms with Crippen molar-refractivity contribution in [3.63, 3.8) is 0 Å². The van der Waals surface area contributed by atoms with Crippen LogP contribution in [0.2, 0.25) is 5.02 Å². The molecule has 3 aromatic rings. The predicted molar refractivity (Wildman–Crippen MR) is 152 cm³/mol. The third-order valence-corrected chi connectivity index (χ3v) is 7.48. The van der Waals surface area contributed by atoms with Crippen LogP contribution in [0.4, 0.5) is 13.6 Å². The number of nitrogens with zero attached hydrogens (tertiary/aromatic N) is 3. The van der Waals surface area contributed by atoms with Gasteiger partial charge in [0.25, 0.3) is 0 Å². The molecule has 2 N–H and O–H groups in total.